The summed E-state index contributed by atoms with van der Waals surface area (Å²) in [5, 5.41) is 11.4. The summed E-state index contributed by atoms with van der Waals surface area (Å²) < 4.78 is 5.94. The fourth-order valence-electron chi connectivity index (χ4n) is 3.98. The topological polar surface area (TPSA) is 32.7 Å². The van der Waals surface area contributed by atoms with Gasteiger partial charge in [-0.25, -0.2) is 0 Å². The third kappa shape index (κ3) is 2.70. The van der Waals surface area contributed by atoms with Crippen LogP contribution in [0.25, 0.3) is 0 Å². The van der Waals surface area contributed by atoms with Gasteiger partial charge in [0.1, 0.15) is 5.75 Å². The largest absolute Gasteiger partial charge is 0.493 e. The molecule has 24 heavy (non-hydrogen) atoms. The van der Waals surface area contributed by atoms with Crippen molar-refractivity contribution >= 4 is 23.2 Å². The lowest BCUT2D eigenvalue weighted by Gasteiger charge is -2.38. The van der Waals surface area contributed by atoms with Crippen LogP contribution < -0.4 is 4.74 Å². The van der Waals surface area contributed by atoms with Crippen LogP contribution in [-0.4, -0.2) is 36.3 Å². The van der Waals surface area contributed by atoms with Gasteiger partial charge in [-0.15, -0.1) is 0 Å². The lowest BCUT2D eigenvalue weighted by Crippen LogP contribution is -2.42. The number of para-hydroxylation sites is 1. The van der Waals surface area contributed by atoms with Crippen molar-refractivity contribution in [3.63, 3.8) is 0 Å². The standard InChI is InChI=1S/C19H19Cl2NO2/c20-14-6-5-13(17(21)7-14)8-22-9-16-15-3-1-2-4-18(15)24-12-19(16,10-22)11-23/h1-7,16,23H,8-12H2/t16-,19-/m0/s1. The highest BCUT2D eigenvalue weighted by atomic mass is 35.5. The van der Waals surface area contributed by atoms with Gasteiger partial charge in [0.15, 0.2) is 0 Å². The molecule has 2 aliphatic heterocycles. The summed E-state index contributed by atoms with van der Waals surface area (Å²) in [5.74, 6) is 1.22. The predicted molar refractivity (Wildman–Crippen MR) is 95.9 cm³/mol. The number of aliphatic hydroxyl groups excluding tert-OH is 1. The number of benzene rings is 2. The van der Waals surface area contributed by atoms with Crippen LogP contribution in [0, 0.1) is 5.41 Å². The van der Waals surface area contributed by atoms with Gasteiger partial charge in [-0.3, -0.25) is 4.90 Å². The summed E-state index contributed by atoms with van der Waals surface area (Å²) in [7, 11) is 0. The van der Waals surface area contributed by atoms with Crippen LogP contribution in [0.3, 0.4) is 0 Å². The van der Waals surface area contributed by atoms with Gasteiger partial charge >= 0.3 is 0 Å². The minimum atomic E-state index is -0.243. The van der Waals surface area contributed by atoms with Crippen LogP contribution in [0.5, 0.6) is 5.75 Å². The molecule has 0 spiro atoms. The quantitative estimate of drug-likeness (QED) is 0.895. The van der Waals surface area contributed by atoms with Crippen LogP contribution in [0.2, 0.25) is 10.0 Å². The van der Waals surface area contributed by atoms with E-state index in [-0.39, 0.29) is 17.9 Å². The van der Waals surface area contributed by atoms with Gasteiger partial charge in [0.25, 0.3) is 0 Å². The molecule has 0 saturated carbocycles. The molecular weight excluding hydrogens is 345 g/mol. The van der Waals surface area contributed by atoms with Crippen LogP contribution in [0.4, 0.5) is 0 Å². The summed E-state index contributed by atoms with van der Waals surface area (Å²) >= 11 is 12.3. The lowest BCUT2D eigenvalue weighted by atomic mass is 9.74. The van der Waals surface area contributed by atoms with Gasteiger partial charge in [-0.2, -0.15) is 0 Å². The summed E-state index contributed by atoms with van der Waals surface area (Å²) in [5.41, 5.74) is 2.01. The summed E-state index contributed by atoms with van der Waals surface area (Å²) in [4.78, 5) is 2.35. The van der Waals surface area contributed by atoms with Gasteiger partial charge in [0.2, 0.25) is 0 Å². The van der Waals surface area contributed by atoms with Gasteiger partial charge < -0.3 is 9.84 Å². The highest BCUT2D eigenvalue weighted by Gasteiger charge is 2.50. The molecule has 3 nitrogen and oxygen atoms in total. The van der Waals surface area contributed by atoms with Gasteiger partial charge in [0, 0.05) is 41.0 Å². The second-order valence-electron chi connectivity index (χ2n) is 6.80. The fraction of sp³-hybridized carbons (Fsp3) is 0.368. The highest BCUT2D eigenvalue weighted by molar-refractivity contribution is 6.35. The molecule has 1 fully saturated rings. The van der Waals surface area contributed by atoms with E-state index in [2.05, 4.69) is 11.0 Å². The number of hydrogen-bond donors (Lipinski definition) is 1. The Kier molecular flexibility index (Phi) is 4.21. The Morgan fingerprint density at radius 3 is 2.83 bits per heavy atom. The molecule has 4 rings (SSSR count). The van der Waals surface area contributed by atoms with E-state index in [0.717, 1.165) is 30.9 Å². The molecule has 0 radical (unpaired) electrons. The smallest absolute Gasteiger partial charge is 0.122 e. The molecule has 1 saturated heterocycles. The maximum Gasteiger partial charge on any atom is 0.122 e. The monoisotopic (exact) mass is 363 g/mol. The Morgan fingerprint density at radius 1 is 1.21 bits per heavy atom. The van der Waals surface area contributed by atoms with E-state index in [0.29, 0.717) is 16.7 Å². The average Bonchev–Trinajstić information content (AvgIpc) is 2.97. The molecule has 0 bridgehead atoms. The first-order valence-electron chi connectivity index (χ1n) is 8.10. The number of nitrogens with zero attached hydrogens (tertiary/aromatic N) is 1. The Morgan fingerprint density at radius 2 is 2.04 bits per heavy atom. The number of hydrogen-bond acceptors (Lipinski definition) is 3. The zero-order chi connectivity index (χ0) is 16.7. The fourth-order valence-corrected chi connectivity index (χ4v) is 4.45. The van der Waals surface area contributed by atoms with Crippen LogP contribution in [-0.2, 0) is 6.54 Å². The van der Waals surface area contributed by atoms with E-state index in [1.165, 1.54) is 5.56 Å². The van der Waals surface area contributed by atoms with E-state index in [4.69, 9.17) is 27.9 Å². The summed E-state index contributed by atoms with van der Waals surface area (Å²) in [6.07, 6.45) is 0. The van der Waals surface area contributed by atoms with Crippen molar-refractivity contribution in [1.29, 1.82) is 0 Å². The third-order valence-electron chi connectivity index (χ3n) is 5.25. The molecule has 2 aromatic carbocycles. The van der Waals surface area contributed by atoms with E-state index >= 15 is 0 Å². The van der Waals surface area contributed by atoms with Gasteiger partial charge in [0.05, 0.1) is 13.2 Å². The maximum atomic E-state index is 10.1. The maximum absolute atomic E-state index is 10.1. The number of halogens is 2. The van der Waals surface area contributed by atoms with E-state index in [1.54, 1.807) is 6.07 Å². The molecule has 5 heteroatoms. The predicted octanol–water partition coefficient (Wildman–Crippen LogP) is 3.96. The number of aliphatic hydroxyl groups is 1. The summed E-state index contributed by atoms with van der Waals surface area (Å²) in [6.45, 7) is 3.10. The van der Waals surface area contributed by atoms with Gasteiger partial charge in [-0.05, 0) is 29.3 Å². The molecule has 0 unspecified atom stereocenters. The normalized spacial score (nSPS) is 25.9. The van der Waals surface area contributed by atoms with Gasteiger partial charge in [-0.1, -0.05) is 47.5 Å². The van der Waals surface area contributed by atoms with Crippen molar-refractivity contribution in [3.8, 4) is 5.75 Å². The molecule has 0 aromatic heterocycles. The molecular formula is C19H19Cl2NO2. The van der Waals surface area contributed by atoms with Crippen molar-refractivity contribution in [2.45, 2.75) is 12.5 Å². The van der Waals surface area contributed by atoms with Crippen LogP contribution in [0.15, 0.2) is 42.5 Å². The lowest BCUT2D eigenvalue weighted by molar-refractivity contribution is 0.0457. The molecule has 2 atom stereocenters. The van der Waals surface area contributed by atoms with Crippen molar-refractivity contribution in [3.05, 3.63) is 63.6 Å². The van der Waals surface area contributed by atoms with E-state index < -0.39 is 0 Å². The SMILES string of the molecule is OC[C@@]12COc3ccccc3[C@@H]1CN(Cc1ccc(Cl)cc1Cl)C2. The average molecular weight is 364 g/mol. The first kappa shape index (κ1) is 16.2. The van der Waals surface area contributed by atoms with E-state index in [9.17, 15) is 5.11 Å². The molecule has 2 heterocycles. The third-order valence-corrected chi connectivity index (χ3v) is 5.84. The molecule has 0 aliphatic carbocycles. The molecule has 2 aromatic rings. The minimum Gasteiger partial charge on any atom is -0.493 e. The van der Waals surface area contributed by atoms with Crippen molar-refractivity contribution in [2.75, 3.05) is 26.3 Å². The number of rotatable bonds is 3. The summed E-state index contributed by atoms with van der Waals surface area (Å²) in [6, 6.07) is 13.8. The van der Waals surface area contributed by atoms with E-state index in [1.807, 2.05) is 30.3 Å². The first-order valence-corrected chi connectivity index (χ1v) is 8.86. The number of ether oxygens (including phenoxy) is 1. The highest BCUT2D eigenvalue weighted by Crippen LogP contribution is 2.49. The van der Waals surface area contributed by atoms with Crippen molar-refractivity contribution in [2.24, 2.45) is 5.41 Å². The zero-order valence-corrected chi connectivity index (χ0v) is 14.7. The Bertz CT molecular complexity index is 767. The molecule has 2 aliphatic rings. The minimum absolute atomic E-state index is 0.122. The number of fused-ring (bicyclic) bond motifs is 3. The Labute approximate surface area is 151 Å². The Hall–Kier alpha value is -1.26. The second kappa shape index (κ2) is 6.23. The second-order valence-corrected chi connectivity index (χ2v) is 7.65. The van der Waals surface area contributed by atoms with Crippen molar-refractivity contribution < 1.29 is 9.84 Å². The van der Waals surface area contributed by atoms with Crippen LogP contribution in [0.1, 0.15) is 17.0 Å². The molecule has 0 amide bonds. The Balaban J connectivity index is 1.61. The number of likely N-dealkylation sites (tertiary alicyclic amines) is 1. The molecule has 126 valence electrons. The van der Waals surface area contributed by atoms with Crippen LogP contribution >= 0.6 is 23.2 Å². The first-order chi connectivity index (χ1) is 11.6. The molecule has 1 N–H and O–H groups in total. The zero-order valence-electron chi connectivity index (χ0n) is 13.2. The van der Waals surface area contributed by atoms with Crippen molar-refractivity contribution in [1.82, 2.24) is 4.90 Å².